The van der Waals surface area contributed by atoms with Gasteiger partial charge in [-0.2, -0.15) is 0 Å². The number of ether oxygens (including phenoxy) is 3. The highest BCUT2D eigenvalue weighted by atomic mass is 35.5. The number of aromatic nitrogens is 3. The topological polar surface area (TPSA) is 113 Å². The van der Waals surface area contributed by atoms with Crippen LogP contribution in [0.4, 0.5) is 4.79 Å². The molecule has 0 atom stereocenters. The third-order valence-electron chi connectivity index (χ3n) is 6.79. The molecule has 1 saturated carbocycles. The summed E-state index contributed by atoms with van der Waals surface area (Å²) in [5, 5.41) is 12.1. The van der Waals surface area contributed by atoms with Crippen molar-refractivity contribution in [3.05, 3.63) is 71.0 Å². The number of carbonyl (C=O) groups is 2. The van der Waals surface area contributed by atoms with Crippen molar-refractivity contribution >= 4 is 23.7 Å². The lowest BCUT2D eigenvalue weighted by atomic mass is 9.68. The second-order valence-electron chi connectivity index (χ2n) is 10.9. The van der Waals surface area contributed by atoms with Crippen LogP contribution >= 0.6 is 11.6 Å². The summed E-state index contributed by atoms with van der Waals surface area (Å²) in [6, 6.07) is 13.0. The van der Waals surface area contributed by atoms with E-state index in [1.54, 1.807) is 31.5 Å². The van der Waals surface area contributed by atoms with Crippen LogP contribution in [0.5, 0.6) is 5.88 Å². The van der Waals surface area contributed by atoms with Crippen LogP contribution in [0, 0.1) is 0 Å². The Morgan fingerprint density at radius 1 is 1.10 bits per heavy atom. The molecule has 2 aromatic heterocycles. The van der Waals surface area contributed by atoms with E-state index in [-0.39, 0.29) is 29.6 Å². The molecule has 0 bridgehead atoms. The van der Waals surface area contributed by atoms with Crippen molar-refractivity contribution in [2.45, 2.75) is 70.5 Å². The van der Waals surface area contributed by atoms with Crippen LogP contribution in [0.15, 0.2) is 54.9 Å². The first-order valence-electron chi connectivity index (χ1n) is 13.4. The number of alkyl carbamates (subject to hydrolysis) is 1. The summed E-state index contributed by atoms with van der Waals surface area (Å²) in [6.07, 6.45) is 5.40. The zero-order valence-corrected chi connectivity index (χ0v) is 24.0. The van der Waals surface area contributed by atoms with Crippen molar-refractivity contribution in [1.82, 2.24) is 20.5 Å². The quantitative estimate of drug-likeness (QED) is 0.323. The Kier molecular flexibility index (Phi) is 9.25. The van der Waals surface area contributed by atoms with E-state index >= 15 is 0 Å². The first-order chi connectivity index (χ1) is 19.1. The standard InChI is InChI=1S/C30H35ClN4O5/c1-5-38-27(36)24-17-25(20-8-7-15-32-18-20)34-35-26(24)39-23-11-13-30(14-12-23,21-9-6-10-22(31)16-21)19-33-28(37)40-29(2,3)4/h6-10,15-18,23H,5,11-14,19H2,1-4H3,(H,33,37)/t23-,30-. The van der Waals surface area contributed by atoms with Crippen LogP contribution in [0.25, 0.3) is 11.3 Å². The largest absolute Gasteiger partial charge is 0.473 e. The van der Waals surface area contributed by atoms with E-state index in [4.69, 9.17) is 25.8 Å². The Balaban J connectivity index is 1.52. The summed E-state index contributed by atoms with van der Waals surface area (Å²) in [5.41, 5.74) is 1.54. The summed E-state index contributed by atoms with van der Waals surface area (Å²) in [7, 11) is 0. The van der Waals surface area contributed by atoms with Crippen molar-refractivity contribution < 1.29 is 23.8 Å². The van der Waals surface area contributed by atoms with E-state index in [1.807, 2.05) is 51.1 Å². The van der Waals surface area contributed by atoms with Gasteiger partial charge in [0.25, 0.3) is 0 Å². The summed E-state index contributed by atoms with van der Waals surface area (Å²) in [6.45, 7) is 7.86. The van der Waals surface area contributed by atoms with Crippen LogP contribution in [0.2, 0.25) is 5.02 Å². The molecule has 1 aliphatic carbocycles. The van der Waals surface area contributed by atoms with Gasteiger partial charge < -0.3 is 19.5 Å². The fourth-order valence-corrected chi connectivity index (χ4v) is 5.03. The minimum Gasteiger partial charge on any atom is -0.473 e. The number of nitrogens with one attached hydrogen (secondary N) is 1. The molecular weight excluding hydrogens is 532 g/mol. The fourth-order valence-electron chi connectivity index (χ4n) is 4.84. The lowest BCUT2D eigenvalue weighted by molar-refractivity contribution is 0.0491. The lowest BCUT2D eigenvalue weighted by Gasteiger charge is -2.41. The number of esters is 1. The van der Waals surface area contributed by atoms with Gasteiger partial charge in [0.15, 0.2) is 0 Å². The molecule has 212 valence electrons. The molecule has 2 heterocycles. The van der Waals surface area contributed by atoms with Gasteiger partial charge in [-0.1, -0.05) is 23.7 Å². The predicted octanol–water partition coefficient (Wildman–Crippen LogP) is 6.15. The van der Waals surface area contributed by atoms with Gasteiger partial charge in [-0.3, -0.25) is 4.98 Å². The first-order valence-corrected chi connectivity index (χ1v) is 13.8. The number of benzene rings is 1. The molecule has 1 fully saturated rings. The maximum absolute atomic E-state index is 12.8. The Hall–Kier alpha value is -3.72. The molecule has 1 amide bonds. The first kappa shape index (κ1) is 29.3. The number of nitrogens with zero attached hydrogens (tertiary/aromatic N) is 3. The maximum Gasteiger partial charge on any atom is 0.407 e. The van der Waals surface area contributed by atoms with Gasteiger partial charge in [0, 0.05) is 34.9 Å². The van der Waals surface area contributed by atoms with Crippen molar-refractivity contribution in [2.75, 3.05) is 13.2 Å². The molecule has 1 aromatic carbocycles. The number of halogens is 1. The van der Waals surface area contributed by atoms with Gasteiger partial charge in [0.1, 0.15) is 17.3 Å². The Bertz CT molecular complexity index is 1320. The van der Waals surface area contributed by atoms with Gasteiger partial charge in [-0.15, -0.1) is 10.2 Å². The van der Waals surface area contributed by atoms with E-state index in [0.29, 0.717) is 42.9 Å². The number of carbonyl (C=O) groups excluding carboxylic acids is 2. The Labute approximate surface area is 239 Å². The molecule has 4 rings (SSSR count). The van der Waals surface area contributed by atoms with E-state index < -0.39 is 17.7 Å². The summed E-state index contributed by atoms with van der Waals surface area (Å²) in [4.78, 5) is 29.4. The van der Waals surface area contributed by atoms with Gasteiger partial charge in [0.05, 0.1) is 12.3 Å². The van der Waals surface area contributed by atoms with E-state index in [1.165, 1.54) is 0 Å². The molecule has 1 aliphatic rings. The van der Waals surface area contributed by atoms with Gasteiger partial charge >= 0.3 is 12.1 Å². The van der Waals surface area contributed by atoms with E-state index in [0.717, 1.165) is 11.1 Å². The zero-order chi connectivity index (χ0) is 28.8. The van der Waals surface area contributed by atoms with Gasteiger partial charge in [-0.05, 0) is 89.3 Å². The average molecular weight is 567 g/mol. The highest BCUT2D eigenvalue weighted by molar-refractivity contribution is 6.30. The zero-order valence-electron chi connectivity index (χ0n) is 23.3. The van der Waals surface area contributed by atoms with Crippen LogP contribution < -0.4 is 10.1 Å². The minimum absolute atomic E-state index is 0.137. The van der Waals surface area contributed by atoms with Crippen LogP contribution in [0.1, 0.15) is 69.3 Å². The molecule has 40 heavy (non-hydrogen) atoms. The normalized spacial score (nSPS) is 19.0. The SMILES string of the molecule is CCOC(=O)c1cc(-c2cccnc2)nnc1O[C@H]1CC[C@](CNC(=O)OC(C)(C)C)(c2cccc(Cl)c2)CC1. The fraction of sp³-hybridized carbons (Fsp3) is 0.433. The van der Waals surface area contributed by atoms with Gasteiger partial charge in [0.2, 0.25) is 5.88 Å². The van der Waals surface area contributed by atoms with E-state index in [2.05, 4.69) is 20.5 Å². The molecule has 0 aliphatic heterocycles. The molecule has 3 aromatic rings. The Morgan fingerprint density at radius 3 is 2.52 bits per heavy atom. The maximum atomic E-state index is 12.8. The van der Waals surface area contributed by atoms with Crippen LogP contribution in [-0.2, 0) is 14.9 Å². The van der Waals surface area contributed by atoms with Crippen molar-refractivity contribution in [1.29, 1.82) is 0 Å². The van der Waals surface area contributed by atoms with E-state index in [9.17, 15) is 9.59 Å². The Morgan fingerprint density at radius 2 is 1.88 bits per heavy atom. The second-order valence-corrected chi connectivity index (χ2v) is 11.3. The molecular formula is C30H35ClN4O5. The molecule has 0 spiro atoms. The predicted molar refractivity (Wildman–Crippen MR) is 151 cm³/mol. The van der Waals surface area contributed by atoms with Gasteiger partial charge in [-0.25, -0.2) is 9.59 Å². The number of hydrogen-bond acceptors (Lipinski definition) is 8. The second kappa shape index (κ2) is 12.6. The number of amides is 1. The van der Waals surface area contributed by atoms with Crippen LogP contribution in [0.3, 0.4) is 0 Å². The van der Waals surface area contributed by atoms with Crippen molar-refractivity contribution in [3.63, 3.8) is 0 Å². The molecule has 1 N–H and O–H groups in total. The average Bonchev–Trinajstić information content (AvgIpc) is 2.93. The molecule has 9 nitrogen and oxygen atoms in total. The smallest absolute Gasteiger partial charge is 0.407 e. The molecule has 0 saturated heterocycles. The van der Waals surface area contributed by atoms with Crippen molar-refractivity contribution in [2.24, 2.45) is 0 Å². The molecule has 0 radical (unpaired) electrons. The number of hydrogen-bond donors (Lipinski definition) is 1. The minimum atomic E-state index is -0.594. The third kappa shape index (κ3) is 7.47. The highest BCUT2D eigenvalue weighted by Crippen LogP contribution is 2.41. The summed E-state index contributed by atoms with van der Waals surface area (Å²) in [5.74, 6) is -0.388. The molecule has 10 heteroatoms. The number of pyridine rings is 1. The number of rotatable bonds is 8. The summed E-state index contributed by atoms with van der Waals surface area (Å²) < 4.78 is 17.0. The highest BCUT2D eigenvalue weighted by Gasteiger charge is 2.39. The van der Waals surface area contributed by atoms with Crippen molar-refractivity contribution in [3.8, 4) is 17.1 Å². The monoisotopic (exact) mass is 566 g/mol. The van der Waals surface area contributed by atoms with Crippen LogP contribution in [-0.4, -0.2) is 52.1 Å². The third-order valence-corrected chi connectivity index (χ3v) is 7.02. The molecule has 0 unspecified atom stereocenters. The summed E-state index contributed by atoms with van der Waals surface area (Å²) >= 11 is 6.34. The lowest BCUT2D eigenvalue weighted by Crippen LogP contribution is -2.46.